The Balaban J connectivity index is 1.99. The van der Waals surface area contributed by atoms with Crippen molar-refractivity contribution in [2.75, 3.05) is 11.9 Å². The summed E-state index contributed by atoms with van der Waals surface area (Å²) in [7, 11) is 0. The number of aromatic nitrogens is 1. The average Bonchev–Trinajstić information content (AvgIpc) is 2.91. The maximum absolute atomic E-state index is 12.1. The van der Waals surface area contributed by atoms with Crippen molar-refractivity contribution in [2.45, 2.75) is 53.0 Å². The Morgan fingerprint density at radius 3 is 2.32 bits per heavy atom. The Morgan fingerprint density at radius 2 is 1.84 bits per heavy atom. The van der Waals surface area contributed by atoms with Crippen molar-refractivity contribution in [1.29, 1.82) is 0 Å². The van der Waals surface area contributed by atoms with Crippen molar-refractivity contribution in [3.05, 3.63) is 47.2 Å². The monoisotopic (exact) mass is 343 g/mol. The molecule has 0 fully saturated rings. The summed E-state index contributed by atoms with van der Waals surface area (Å²) in [6, 6.07) is 10.4. The summed E-state index contributed by atoms with van der Waals surface area (Å²) in [5, 5.41) is 9.86. The molecule has 136 valence electrons. The largest absolute Gasteiger partial charge is 0.360 e. The van der Waals surface area contributed by atoms with Gasteiger partial charge in [0.15, 0.2) is 5.82 Å². The Hall–Kier alpha value is -2.14. The standard InChI is InChI=1S/C20H29N3O2/c1-13(2)19(15-7-9-16(10-8-15)20(4,5)6)21-12-18(24)22-17-11-14(3)25-23-17/h7-11,13,19,21H,12H2,1-6H3,(H,22,23,24). The number of amides is 1. The third kappa shape index (κ3) is 5.43. The van der Waals surface area contributed by atoms with Crippen LogP contribution in [0.15, 0.2) is 34.9 Å². The van der Waals surface area contributed by atoms with Crippen molar-refractivity contribution in [3.63, 3.8) is 0 Å². The summed E-state index contributed by atoms with van der Waals surface area (Å²) >= 11 is 0. The quantitative estimate of drug-likeness (QED) is 0.824. The number of aryl methyl sites for hydroxylation is 1. The third-order valence-electron chi connectivity index (χ3n) is 4.18. The predicted molar refractivity (Wildman–Crippen MR) is 101 cm³/mol. The Labute approximate surface area is 150 Å². The fourth-order valence-corrected chi connectivity index (χ4v) is 2.74. The van der Waals surface area contributed by atoms with Crippen LogP contribution >= 0.6 is 0 Å². The molecule has 0 aliphatic heterocycles. The van der Waals surface area contributed by atoms with Crippen LogP contribution < -0.4 is 10.6 Å². The summed E-state index contributed by atoms with van der Waals surface area (Å²) < 4.78 is 4.95. The van der Waals surface area contributed by atoms with Gasteiger partial charge < -0.3 is 15.2 Å². The minimum absolute atomic E-state index is 0.110. The SMILES string of the molecule is Cc1cc(NC(=O)CNC(c2ccc(C(C)(C)C)cc2)C(C)C)no1. The molecule has 0 saturated carbocycles. The van der Waals surface area contributed by atoms with Crippen LogP contribution in [0.5, 0.6) is 0 Å². The van der Waals surface area contributed by atoms with E-state index < -0.39 is 0 Å². The number of carbonyl (C=O) groups excluding carboxylic acids is 1. The first kappa shape index (κ1) is 19.2. The van der Waals surface area contributed by atoms with Crippen molar-refractivity contribution in [3.8, 4) is 0 Å². The maximum atomic E-state index is 12.1. The first-order chi connectivity index (χ1) is 11.7. The first-order valence-corrected chi connectivity index (χ1v) is 8.74. The highest BCUT2D eigenvalue weighted by Gasteiger charge is 2.19. The summed E-state index contributed by atoms with van der Waals surface area (Å²) in [5.74, 6) is 1.34. The molecule has 25 heavy (non-hydrogen) atoms. The number of nitrogens with zero attached hydrogens (tertiary/aromatic N) is 1. The van der Waals surface area contributed by atoms with Gasteiger partial charge in [0.25, 0.3) is 0 Å². The average molecular weight is 343 g/mol. The van der Waals surface area contributed by atoms with E-state index in [0.717, 1.165) is 0 Å². The van der Waals surface area contributed by atoms with E-state index >= 15 is 0 Å². The number of rotatable bonds is 6. The molecular weight excluding hydrogens is 314 g/mol. The van der Waals surface area contributed by atoms with Crippen molar-refractivity contribution in [1.82, 2.24) is 10.5 Å². The summed E-state index contributed by atoms with van der Waals surface area (Å²) in [6.07, 6.45) is 0. The van der Waals surface area contributed by atoms with E-state index in [1.807, 2.05) is 0 Å². The lowest BCUT2D eigenvalue weighted by molar-refractivity contribution is -0.115. The molecule has 1 heterocycles. The fraction of sp³-hybridized carbons (Fsp3) is 0.500. The zero-order valence-electron chi connectivity index (χ0n) is 16.0. The summed E-state index contributed by atoms with van der Waals surface area (Å²) in [5.41, 5.74) is 2.63. The van der Waals surface area contributed by atoms with E-state index in [9.17, 15) is 4.79 Å². The lowest BCUT2D eigenvalue weighted by Gasteiger charge is -2.24. The number of benzene rings is 1. The van der Waals surface area contributed by atoms with Crippen molar-refractivity contribution < 1.29 is 9.32 Å². The van der Waals surface area contributed by atoms with Gasteiger partial charge >= 0.3 is 0 Å². The molecule has 0 spiro atoms. The summed E-state index contributed by atoms with van der Waals surface area (Å²) in [4.78, 5) is 12.1. The van der Waals surface area contributed by atoms with E-state index in [2.05, 4.69) is 74.7 Å². The molecule has 0 aliphatic rings. The summed E-state index contributed by atoms with van der Waals surface area (Å²) in [6.45, 7) is 12.9. The van der Waals surface area contributed by atoms with Crippen LogP contribution in [0.4, 0.5) is 5.82 Å². The Morgan fingerprint density at radius 1 is 1.20 bits per heavy atom. The number of anilines is 1. The van der Waals surface area contributed by atoms with Gasteiger partial charge in [-0.15, -0.1) is 0 Å². The molecule has 1 aromatic carbocycles. The molecule has 0 aliphatic carbocycles. The van der Waals surface area contributed by atoms with Gasteiger partial charge in [0, 0.05) is 12.1 Å². The molecular formula is C20H29N3O2. The van der Waals surface area contributed by atoms with Crippen LogP contribution in [-0.4, -0.2) is 17.6 Å². The van der Waals surface area contributed by atoms with Crippen molar-refractivity contribution >= 4 is 11.7 Å². The van der Waals surface area contributed by atoms with E-state index in [1.54, 1.807) is 13.0 Å². The molecule has 1 aromatic heterocycles. The van der Waals surface area contributed by atoms with Gasteiger partial charge in [0.2, 0.25) is 5.91 Å². The van der Waals surface area contributed by atoms with Crippen LogP contribution in [0.3, 0.4) is 0 Å². The Bertz CT molecular complexity index is 696. The number of nitrogens with one attached hydrogen (secondary N) is 2. The maximum Gasteiger partial charge on any atom is 0.239 e. The van der Waals surface area contributed by atoms with Gasteiger partial charge in [-0.1, -0.05) is 64.0 Å². The van der Waals surface area contributed by atoms with Gasteiger partial charge in [-0.2, -0.15) is 0 Å². The molecule has 5 nitrogen and oxygen atoms in total. The molecule has 1 amide bonds. The lowest BCUT2D eigenvalue weighted by Crippen LogP contribution is -2.33. The molecule has 2 N–H and O–H groups in total. The molecule has 0 bridgehead atoms. The normalized spacial score (nSPS) is 13.1. The smallest absolute Gasteiger partial charge is 0.239 e. The molecule has 1 atom stereocenters. The molecule has 2 rings (SSSR count). The van der Waals surface area contributed by atoms with Gasteiger partial charge in [-0.05, 0) is 29.4 Å². The molecule has 5 heteroatoms. The van der Waals surface area contributed by atoms with Gasteiger partial charge in [-0.3, -0.25) is 4.79 Å². The first-order valence-electron chi connectivity index (χ1n) is 8.74. The van der Waals surface area contributed by atoms with Gasteiger partial charge in [0.05, 0.1) is 6.54 Å². The zero-order valence-corrected chi connectivity index (χ0v) is 16.0. The van der Waals surface area contributed by atoms with Crippen LogP contribution in [0, 0.1) is 12.8 Å². The highest BCUT2D eigenvalue weighted by Crippen LogP contribution is 2.26. The van der Waals surface area contributed by atoms with Gasteiger partial charge in [0.1, 0.15) is 5.76 Å². The third-order valence-corrected chi connectivity index (χ3v) is 4.18. The molecule has 0 saturated heterocycles. The lowest BCUT2D eigenvalue weighted by atomic mass is 9.85. The minimum atomic E-state index is -0.134. The van der Waals surface area contributed by atoms with E-state index in [4.69, 9.17) is 4.52 Å². The molecule has 1 unspecified atom stereocenters. The second-order valence-corrected chi connectivity index (χ2v) is 7.85. The predicted octanol–water partition coefficient (Wildman–Crippen LogP) is 4.21. The second kappa shape index (κ2) is 7.83. The van der Waals surface area contributed by atoms with Crippen LogP contribution in [0.2, 0.25) is 0 Å². The van der Waals surface area contributed by atoms with Crippen LogP contribution in [0.25, 0.3) is 0 Å². The van der Waals surface area contributed by atoms with E-state index in [1.165, 1.54) is 11.1 Å². The van der Waals surface area contributed by atoms with Crippen molar-refractivity contribution in [2.24, 2.45) is 5.92 Å². The highest BCUT2D eigenvalue weighted by atomic mass is 16.5. The topological polar surface area (TPSA) is 67.2 Å². The van der Waals surface area contributed by atoms with E-state index in [0.29, 0.717) is 17.5 Å². The zero-order chi connectivity index (χ0) is 18.6. The molecule has 2 aromatic rings. The minimum Gasteiger partial charge on any atom is -0.360 e. The fourth-order valence-electron chi connectivity index (χ4n) is 2.74. The Kier molecular flexibility index (Phi) is 6.01. The van der Waals surface area contributed by atoms with Crippen LogP contribution in [0.1, 0.15) is 57.5 Å². The number of carbonyl (C=O) groups is 1. The molecule has 0 radical (unpaired) electrons. The second-order valence-electron chi connectivity index (χ2n) is 7.85. The number of hydrogen-bond acceptors (Lipinski definition) is 4. The van der Waals surface area contributed by atoms with E-state index in [-0.39, 0.29) is 23.9 Å². The highest BCUT2D eigenvalue weighted by molar-refractivity contribution is 5.91. The van der Waals surface area contributed by atoms with Gasteiger partial charge in [-0.25, -0.2) is 0 Å². The van der Waals surface area contributed by atoms with Crippen LogP contribution in [-0.2, 0) is 10.2 Å². The number of hydrogen-bond donors (Lipinski definition) is 2.